The molecule has 1 fully saturated rings. The van der Waals surface area contributed by atoms with Crippen LogP contribution in [0.25, 0.3) is 0 Å². The van der Waals surface area contributed by atoms with Gasteiger partial charge in [0, 0.05) is 12.2 Å². The van der Waals surface area contributed by atoms with Crippen LogP contribution in [-0.2, 0) is 4.79 Å². The van der Waals surface area contributed by atoms with Crippen molar-refractivity contribution in [1.29, 1.82) is 0 Å². The summed E-state index contributed by atoms with van der Waals surface area (Å²) >= 11 is 11.8. The zero-order valence-electron chi connectivity index (χ0n) is 12.0. The lowest BCUT2D eigenvalue weighted by Crippen LogP contribution is -2.43. The maximum Gasteiger partial charge on any atom is 0.238 e. The average Bonchev–Trinajstić information content (AvgIpc) is 2.43. The third kappa shape index (κ3) is 4.85. The highest BCUT2D eigenvalue weighted by Crippen LogP contribution is 2.25. The Morgan fingerprint density at radius 2 is 2.24 bits per heavy atom. The van der Waals surface area contributed by atoms with E-state index in [1.165, 1.54) is 0 Å². The smallest absolute Gasteiger partial charge is 0.238 e. The lowest BCUT2D eigenvalue weighted by Gasteiger charge is -2.33. The van der Waals surface area contributed by atoms with Crippen molar-refractivity contribution in [3.63, 3.8) is 0 Å². The van der Waals surface area contributed by atoms with Crippen molar-refractivity contribution in [2.45, 2.75) is 25.9 Å². The highest BCUT2D eigenvalue weighted by atomic mass is 35.5. The Labute approximate surface area is 135 Å². The summed E-state index contributed by atoms with van der Waals surface area (Å²) < 4.78 is 0. The molecule has 1 heterocycles. The second-order valence-electron chi connectivity index (χ2n) is 5.56. The average molecular weight is 331 g/mol. The Kier molecular flexibility index (Phi) is 5.88. The zero-order chi connectivity index (χ0) is 15.4. The summed E-state index contributed by atoms with van der Waals surface area (Å²) in [6.45, 7) is 3.78. The molecule has 1 saturated heterocycles. The summed E-state index contributed by atoms with van der Waals surface area (Å²) in [6, 6.07) is 5.02. The SMILES string of the molecule is CC(O)C1CCCN(CC(=O)Nc2ccc(Cl)c(Cl)c2)C1. The third-order valence-electron chi connectivity index (χ3n) is 3.79. The highest BCUT2D eigenvalue weighted by Gasteiger charge is 2.24. The Morgan fingerprint density at radius 1 is 1.48 bits per heavy atom. The van der Waals surface area contributed by atoms with Gasteiger partial charge in [0.2, 0.25) is 5.91 Å². The van der Waals surface area contributed by atoms with E-state index >= 15 is 0 Å². The van der Waals surface area contributed by atoms with Crippen LogP contribution in [0.4, 0.5) is 5.69 Å². The number of halogens is 2. The number of hydrogen-bond donors (Lipinski definition) is 2. The minimum atomic E-state index is -0.328. The molecule has 1 aromatic rings. The molecule has 1 aromatic carbocycles. The van der Waals surface area contributed by atoms with E-state index in [9.17, 15) is 9.90 Å². The second-order valence-corrected chi connectivity index (χ2v) is 6.37. The van der Waals surface area contributed by atoms with Crippen molar-refractivity contribution in [3.05, 3.63) is 28.2 Å². The number of rotatable bonds is 4. The molecule has 4 nitrogen and oxygen atoms in total. The van der Waals surface area contributed by atoms with E-state index in [1.54, 1.807) is 18.2 Å². The fourth-order valence-corrected chi connectivity index (χ4v) is 2.90. The van der Waals surface area contributed by atoms with Crippen molar-refractivity contribution >= 4 is 34.8 Å². The fourth-order valence-electron chi connectivity index (χ4n) is 2.61. The molecule has 2 N–H and O–H groups in total. The van der Waals surface area contributed by atoms with E-state index in [1.807, 2.05) is 6.92 Å². The number of benzene rings is 1. The number of carbonyl (C=O) groups is 1. The molecule has 1 aliphatic heterocycles. The van der Waals surface area contributed by atoms with Gasteiger partial charge in [-0.3, -0.25) is 9.69 Å². The molecular formula is C15H20Cl2N2O2. The molecule has 2 unspecified atom stereocenters. The highest BCUT2D eigenvalue weighted by molar-refractivity contribution is 6.42. The Bertz CT molecular complexity index is 508. The monoisotopic (exact) mass is 330 g/mol. The number of likely N-dealkylation sites (tertiary alicyclic amines) is 1. The van der Waals surface area contributed by atoms with Gasteiger partial charge in [0.1, 0.15) is 0 Å². The van der Waals surface area contributed by atoms with Gasteiger partial charge < -0.3 is 10.4 Å². The number of aliphatic hydroxyl groups is 1. The van der Waals surface area contributed by atoms with Crippen molar-refractivity contribution < 1.29 is 9.90 Å². The molecule has 0 aromatic heterocycles. The molecular weight excluding hydrogens is 311 g/mol. The first-order valence-corrected chi connectivity index (χ1v) is 7.86. The third-order valence-corrected chi connectivity index (χ3v) is 4.53. The van der Waals surface area contributed by atoms with Crippen molar-refractivity contribution in [2.24, 2.45) is 5.92 Å². The number of hydrogen-bond acceptors (Lipinski definition) is 3. The number of amides is 1. The molecule has 0 bridgehead atoms. The molecule has 0 spiro atoms. The normalized spacial score (nSPS) is 21.0. The fraction of sp³-hybridized carbons (Fsp3) is 0.533. The van der Waals surface area contributed by atoms with Crippen molar-refractivity contribution in [2.75, 3.05) is 25.0 Å². The van der Waals surface area contributed by atoms with E-state index in [2.05, 4.69) is 10.2 Å². The molecule has 21 heavy (non-hydrogen) atoms. The summed E-state index contributed by atoms with van der Waals surface area (Å²) in [7, 11) is 0. The van der Waals surface area contributed by atoms with Crippen LogP contribution in [0.15, 0.2) is 18.2 Å². The Hall–Kier alpha value is -0.810. The predicted molar refractivity (Wildman–Crippen MR) is 85.9 cm³/mol. The largest absolute Gasteiger partial charge is 0.393 e. The van der Waals surface area contributed by atoms with Crippen LogP contribution in [0.2, 0.25) is 10.0 Å². The number of carbonyl (C=O) groups excluding carboxylic acids is 1. The number of nitrogens with one attached hydrogen (secondary N) is 1. The summed E-state index contributed by atoms with van der Waals surface area (Å²) in [4.78, 5) is 14.1. The van der Waals surface area contributed by atoms with E-state index in [-0.39, 0.29) is 17.9 Å². The summed E-state index contributed by atoms with van der Waals surface area (Å²) in [5.74, 6) is 0.163. The van der Waals surface area contributed by atoms with Gasteiger partial charge in [-0.15, -0.1) is 0 Å². The molecule has 6 heteroatoms. The summed E-state index contributed by atoms with van der Waals surface area (Å²) in [5, 5.41) is 13.4. The molecule has 116 valence electrons. The lowest BCUT2D eigenvalue weighted by atomic mass is 9.93. The lowest BCUT2D eigenvalue weighted by molar-refractivity contribution is -0.118. The molecule has 0 aliphatic carbocycles. The maximum absolute atomic E-state index is 12.1. The maximum atomic E-state index is 12.1. The van der Waals surface area contributed by atoms with E-state index in [0.29, 0.717) is 22.3 Å². The van der Waals surface area contributed by atoms with Gasteiger partial charge in [0.05, 0.1) is 22.7 Å². The zero-order valence-corrected chi connectivity index (χ0v) is 13.5. The molecule has 2 atom stereocenters. The van der Waals surface area contributed by atoms with Crippen molar-refractivity contribution in [1.82, 2.24) is 4.90 Å². The summed E-state index contributed by atoms with van der Waals surface area (Å²) in [6.07, 6.45) is 1.70. The van der Waals surface area contributed by atoms with Crippen LogP contribution in [0.1, 0.15) is 19.8 Å². The van der Waals surface area contributed by atoms with E-state index < -0.39 is 0 Å². The van der Waals surface area contributed by atoms with Gasteiger partial charge in [-0.25, -0.2) is 0 Å². The first kappa shape index (κ1) is 16.6. The summed E-state index contributed by atoms with van der Waals surface area (Å²) in [5.41, 5.74) is 0.637. The Balaban J connectivity index is 1.87. The first-order chi connectivity index (χ1) is 9.95. The molecule has 1 amide bonds. The van der Waals surface area contributed by atoms with Crippen LogP contribution in [-0.4, -0.2) is 41.7 Å². The first-order valence-electron chi connectivity index (χ1n) is 7.11. The van der Waals surface area contributed by atoms with Crippen LogP contribution in [0, 0.1) is 5.92 Å². The minimum Gasteiger partial charge on any atom is -0.393 e. The number of aliphatic hydroxyl groups excluding tert-OH is 1. The molecule has 1 aliphatic rings. The molecule has 0 radical (unpaired) electrons. The molecule has 0 saturated carbocycles. The topological polar surface area (TPSA) is 52.6 Å². The van der Waals surface area contributed by atoms with Gasteiger partial charge in [0.15, 0.2) is 0 Å². The minimum absolute atomic E-state index is 0.0837. The van der Waals surface area contributed by atoms with Gasteiger partial charge in [-0.1, -0.05) is 23.2 Å². The van der Waals surface area contributed by atoms with Gasteiger partial charge in [-0.2, -0.15) is 0 Å². The number of piperidine rings is 1. The van der Waals surface area contributed by atoms with E-state index in [0.717, 1.165) is 25.9 Å². The predicted octanol–water partition coefficient (Wildman–Crippen LogP) is 3.02. The van der Waals surface area contributed by atoms with Crippen LogP contribution in [0.3, 0.4) is 0 Å². The molecule has 2 rings (SSSR count). The quantitative estimate of drug-likeness (QED) is 0.892. The number of anilines is 1. The number of nitrogens with zero attached hydrogens (tertiary/aromatic N) is 1. The van der Waals surface area contributed by atoms with Crippen LogP contribution in [0.5, 0.6) is 0 Å². The van der Waals surface area contributed by atoms with Crippen molar-refractivity contribution in [3.8, 4) is 0 Å². The Morgan fingerprint density at radius 3 is 2.90 bits per heavy atom. The van der Waals surface area contributed by atoms with Gasteiger partial charge in [0.25, 0.3) is 0 Å². The van der Waals surface area contributed by atoms with Crippen LogP contribution >= 0.6 is 23.2 Å². The second kappa shape index (κ2) is 7.45. The van der Waals surface area contributed by atoms with Gasteiger partial charge >= 0.3 is 0 Å². The van der Waals surface area contributed by atoms with Crippen LogP contribution < -0.4 is 5.32 Å². The van der Waals surface area contributed by atoms with Gasteiger partial charge in [-0.05, 0) is 50.4 Å². The van der Waals surface area contributed by atoms with E-state index in [4.69, 9.17) is 23.2 Å². The standard InChI is InChI=1S/C15H20Cl2N2O2/c1-10(20)11-3-2-6-19(8-11)9-15(21)18-12-4-5-13(16)14(17)7-12/h4-5,7,10-11,20H,2-3,6,8-9H2,1H3,(H,18,21).